The zero-order valence-electron chi connectivity index (χ0n) is 12.7. The van der Waals surface area contributed by atoms with Gasteiger partial charge in [0.15, 0.2) is 0 Å². The van der Waals surface area contributed by atoms with Crippen molar-refractivity contribution < 1.29 is 9.13 Å². The van der Waals surface area contributed by atoms with E-state index in [1.54, 1.807) is 12.1 Å². The van der Waals surface area contributed by atoms with E-state index in [0.717, 1.165) is 0 Å². The van der Waals surface area contributed by atoms with Gasteiger partial charge in [0.05, 0.1) is 5.69 Å². The summed E-state index contributed by atoms with van der Waals surface area (Å²) in [7, 11) is 0. The average Bonchev–Trinajstić information content (AvgIpc) is 2.78. The molecule has 0 saturated heterocycles. The first kappa shape index (κ1) is 14.6. The number of anilines is 1. The Morgan fingerprint density at radius 1 is 1.38 bits per heavy atom. The Hall–Kier alpha value is -2.94. The summed E-state index contributed by atoms with van der Waals surface area (Å²) < 4.78 is 20.8. The first-order valence-electron chi connectivity index (χ1n) is 7.47. The Bertz CT molecular complexity index is 966. The Kier molecular flexibility index (Phi) is 3.42. The van der Waals surface area contributed by atoms with E-state index in [0.29, 0.717) is 43.2 Å². The van der Waals surface area contributed by atoms with E-state index < -0.39 is 0 Å². The number of benzene rings is 1. The van der Waals surface area contributed by atoms with Gasteiger partial charge in [-0.3, -0.25) is 14.8 Å². The second-order valence-electron chi connectivity index (χ2n) is 5.61. The monoisotopic (exact) mass is 330 g/mol. The van der Waals surface area contributed by atoms with Crippen LogP contribution in [0.4, 0.5) is 10.3 Å². The van der Waals surface area contributed by atoms with Gasteiger partial charge >= 0.3 is 0 Å². The van der Waals surface area contributed by atoms with Gasteiger partial charge in [-0.15, -0.1) is 0 Å². The number of ether oxygens (including phenoxy) is 1. The molecule has 0 aliphatic carbocycles. The summed E-state index contributed by atoms with van der Waals surface area (Å²) in [5.74, 6) is 0.590. The third kappa shape index (κ3) is 2.58. The molecule has 24 heavy (non-hydrogen) atoms. The van der Waals surface area contributed by atoms with Gasteiger partial charge in [-0.1, -0.05) is 6.07 Å². The summed E-state index contributed by atoms with van der Waals surface area (Å²) in [4.78, 5) is 22.3. The largest absolute Gasteiger partial charge is 0.492 e. The van der Waals surface area contributed by atoms with Crippen LogP contribution in [-0.2, 0) is 13.1 Å². The first-order chi connectivity index (χ1) is 11.6. The van der Waals surface area contributed by atoms with Crippen LogP contribution in [0.1, 0.15) is 11.3 Å². The normalized spacial score (nSPS) is 15.0. The molecule has 0 saturated carbocycles. The number of fused-ring (bicyclic) bond motifs is 2. The molecule has 2 aromatic heterocycles. The predicted octanol–water partition coefficient (Wildman–Crippen LogP) is 0.533. The second-order valence-corrected chi connectivity index (χ2v) is 5.61. The molecule has 124 valence electrons. The van der Waals surface area contributed by atoms with Crippen LogP contribution >= 0.6 is 0 Å². The topological polar surface area (TPSA) is 102 Å². The molecule has 0 radical (unpaired) electrons. The number of nitrogens with zero attached hydrogens (tertiary/aromatic N) is 4. The van der Waals surface area contributed by atoms with Gasteiger partial charge < -0.3 is 10.5 Å². The predicted molar refractivity (Wildman–Crippen MR) is 84.0 cm³/mol. The minimum Gasteiger partial charge on any atom is -0.492 e. The van der Waals surface area contributed by atoms with Crippen molar-refractivity contribution in [2.75, 3.05) is 18.9 Å². The highest BCUT2D eigenvalue weighted by atomic mass is 19.1. The van der Waals surface area contributed by atoms with Crippen LogP contribution in [0.15, 0.2) is 29.1 Å². The number of hydrogen-bond donors (Lipinski definition) is 2. The zero-order valence-corrected chi connectivity index (χ0v) is 12.7. The van der Waals surface area contributed by atoms with Crippen molar-refractivity contribution in [2.24, 2.45) is 0 Å². The summed E-state index contributed by atoms with van der Waals surface area (Å²) in [6.45, 7) is 1.80. The number of aromatic amines is 1. The molecule has 3 aromatic rings. The van der Waals surface area contributed by atoms with Crippen LogP contribution in [0.5, 0.6) is 5.75 Å². The van der Waals surface area contributed by atoms with Gasteiger partial charge in [0.2, 0.25) is 5.95 Å². The number of nitrogens with two attached hydrogens (primary N) is 1. The summed E-state index contributed by atoms with van der Waals surface area (Å²) in [6, 6.07) is 6.21. The molecule has 0 bridgehead atoms. The van der Waals surface area contributed by atoms with Crippen LogP contribution in [0.25, 0.3) is 5.78 Å². The summed E-state index contributed by atoms with van der Waals surface area (Å²) in [5, 5.41) is 2.61. The van der Waals surface area contributed by atoms with Crippen LogP contribution in [0.3, 0.4) is 0 Å². The van der Waals surface area contributed by atoms with Crippen molar-refractivity contribution in [1.29, 1.82) is 0 Å². The summed E-state index contributed by atoms with van der Waals surface area (Å²) >= 11 is 0. The quantitative estimate of drug-likeness (QED) is 0.711. The fraction of sp³-hybridized carbons (Fsp3) is 0.267. The van der Waals surface area contributed by atoms with E-state index in [9.17, 15) is 9.18 Å². The highest BCUT2D eigenvalue weighted by Gasteiger charge is 2.19. The number of hydrogen-bond acceptors (Lipinski definition) is 6. The maximum absolute atomic E-state index is 14.0. The lowest BCUT2D eigenvalue weighted by Gasteiger charge is -2.18. The van der Waals surface area contributed by atoms with E-state index in [4.69, 9.17) is 10.5 Å². The summed E-state index contributed by atoms with van der Waals surface area (Å²) in [6.07, 6.45) is 0. The highest BCUT2D eigenvalue weighted by molar-refractivity contribution is 5.36. The van der Waals surface area contributed by atoms with Gasteiger partial charge in [0.1, 0.15) is 18.2 Å². The Labute approximate surface area is 135 Å². The van der Waals surface area contributed by atoms with Crippen molar-refractivity contribution in [3.05, 3.63) is 51.7 Å². The number of aromatic nitrogens is 4. The Morgan fingerprint density at radius 3 is 3.12 bits per heavy atom. The van der Waals surface area contributed by atoms with Crippen molar-refractivity contribution >= 4 is 11.7 Å². The standard InChI is InChI=1S/C15H15FN6O2/c16-11-2-1-3-12-10(11)8-21(4-5-24-12)7-9-6-13(23)22-15(18-9)19-14(17)20-22/h1-3,6H,4-5,7-8H2,(H3,17,18,19,20). The van der Waals surface area contributed by atoms with Crippen LogP contribution < -0.4 is 16.0 Å². The molecule has 1 aromatic carbocycles. The molecule has 1 aliphatic rings. The number of halogens is 1. The first-order valence-corrected chi connectivity index (χ1v) is 7.47. The van der Waals surface area contributed by atoms with Crippen molar-refractivity contribution in [3.63, 3.8) is 0 Å². The summed E-state index contributed by atoms with van der Waals surface area (Å²) in [5.41, 5.74) is 6.31. The Morgan fingerprint density at radius 2 is 2.25 bits per heavy atom. The van der Waals surface area contributed by atoms with Gasteiger partial charge in [-0.25, -0.2) is 9.37 Å². The van der Waals surface area contributed by atoms with Gasteiger partial charge in [-0.2, -0.15) is 9.50 Å². The molecule has 0 atom stereocenters. The smallest absolute Gasteiger partial charge is 0.274 e. The Balaban J connectivity index is 1.63. The molecule has 3 heterocycles. The molecule has 0 amide bonds. The fourth-order valence-electron chi connectivity index (χ4n) is 2.80. The van der Waals surface area contributed by atoms with Crippen LogP contribution in [0, 0.1) is 5.82 Å². The molecule has 3 N–H and O–H groups in total. The number of nitrogen functional groups attached to an aromatic ring is 1. The number of rotatable bonds is 2. The minimum atomic E-state index is -0.303. The molecule has 4 rings (SSSR count). The van der Waals surface area contributed by atoms with Crippen molar-refractivity contribution in [1.82, 2.24) is 24.5 Å². The van der Waals surface area contributed by atoms with E-state index in [2.05, 4.69) is 15.1 Å². The van der Waals surface area contributed by atoms with Crippen LogP contribution in [0.2, 0.25) is 0 Å². The molecule has 0 unspecified atom stereocenters. The molecule has 0 spiro atoms. The second kappa shape index (κ2) is 5.60. The molecular formula is C15H15FN6O2. The lowest BCUT2D eigenvalue weighted by Crippen LogP contribution is -2.27. The van der Waals surface area contributed by atoms with Gasteiger partial charge in [0.25, 0.3) is 11.3 Å². The fourth-order valence-corrected chi connectivity index (χ4v) is 2.80. The van der Waals surface area contributed by atoms with E-state index in [1.165, 1.54) is 16.6 Å². The van der Waals surface area contributed by atoms with E-state index >= 15 is 0 Å². The molecular weight excluding hydrogens is 315 g/mol. The van der Waals surface area contributed by atoms with Gasteiger partial charge in [0, 0.05) is 31.3 Å². The van der Waals surface area contributed by atoms with Crippen molar-refractivity contribution in [3.8, 4) is 5.75 Å². The van der Waals surface area contributed by atoms with E-state index in [1.807, 2.05) is 4.90 Å². The molecule has 1 aliphatic heterocycles. The number of nitrogens with one attached hydrogen (secondary N) is 1. The highest BCUT2D eigenvalue weighted by Crippen LogP contribution is 2.25. The molecule has 8 nitrogen and oxygen atoms in total. The van der Waals surface area contributed by atoms with Crippen molar-refractivity contribution in [2.45, 2.75) is 13.1 Å². The van der Waals surface area contributed by atoms with Crippen LogP contribution in [-0.4, -0.2) is 37.6 Å². The third-order valence-corrected chi connectivity index (χ3v) is 3.91. The lowest BCUT2D eigenvalue weighted by molar-refractivity contribution is 0.217. The maximum Gasteiger partial charge on any atom is 0.274 e. The lowest BCUT2D eigenvalue weighted by atomic mass is 10.1. The average molecular weight is 330 g/mol. The third-order valence-electron chi connectivity index (χ3n) is 3.91. The molecule has 0 fully saturated rings. The zero-order chi connectivity index (χ0) is 16.7. The number of H-pyrrole nitrogens is 1. The molecule has 9 heteroatoms. The maximum atomic E-state index is 14.0. The van der Waals surface area contributed by atoms with Gasteiger partial charge in [-0.05, 0) is 12.1 Å². The van der Waals surface area contributed by atoms with E-state index in [-0.39, 0.29) is 23.1 Å². The SMILES string of the molecule is Nc1nc2nc(CN3CCOc4cccc(F)c4C3)cc(=O)n2[nH]1. The minimum absolute atomic E-state index is 0.121.